The fourth-order valence-corrected chi connectivity index (χ4v) is 0.815. The van der Waals surface area contributed by atoms with E-state index < -0.39 is 18.0 Å². The van der Waals surface area contributed by atoms with Gasteiger partial charge in [0.05, 0.1) is 0 Å². The summed E-state index contributed by atoms with van der Waals surface area (Å²) >= 11 is 0. The first kappa shape index (κ1) is 16.7. The Morgan fingerprint density at radius 1 is 1.10 bits per heavy atom. The number of carbonyl (C=O) groups is 3. The molecule has 10 nitrogen and oxygen atoms in total. The number of nitrogen functional groups attached to an aromatic ring is 2. The van der Waals surface area contributed by atoms with E-state index in [-0.39, 0.29) is 17.4 Å². The SMILES string of the molecule is NC(=O)Oc1ccc(N)nc1N.O=C(O)C=CC(=O)O. The van der Waals surface area contributed by atoms with Crippen molar-refractivity contribution in [1.29, 1.82) is 0 Å². The van der Waals surface area contributed by atoms with Crippen molar-refractivity contribution in [1.82, 2.24) is 4.98 Å². The molecular weight excluding hydrogens is 272 g/mol. The van der Waals surface area contributed by atoms with E-state index in [0.29, 0.717) is 12.2 Å². The highest BCUT2D eigenvalue weighted by atomic mass is 16.5. The average molecular weight is 284 g/mol. The summed E-state index contributed by atoms with van der Waals surface area (Å²) in [6.07, 6.45) is 0.179. The molecule has 8 N–H and O–H groups in total. The van der Waals surface area contributed by atoms with Gasteiger partial charge in [-0.1, -0.05) is 0 Å². The highest BCUT2D eigenvalue weighted by molar-refractivity contribution is 5.89. The summed E-state index contributed by atoms with van der Waals surface area (Å²) < 4.78 is 4.50. The predicted octanol–water partition coefficient (Wildman–Crippen LogP) is -0.585. The number of hydrogen-bond acceptors (Lipinski definition) is 7. The summed E-state index contributed by atoms with van der Waals surface area (Å²) in [7, 11) is 0. The number of rotatable bonds is 3. The smallest absolute Gasteiger partial charge is 0.410 e. The van der Waals surface area contributed by atoms with Crippen LogP contribution >= 0.6 is 0 Å². The quantitative estimate of drug-likeness (QED) is 0.451. The molecule has 0 spiro atoms. The summed E-state index contributed by atoms with van der Waals surface area (Å²) in [6, 6.07) is 2.87. The van der Waals surface area contributed by atoms with Crippen LogP contribution in [0.2, 0.25) is 0 Å². The van der Waals surface area contributed by atoms with Crippen molar-refractivity contribution in [3.05, 3.63) is 24.3 Å². The van der Waals surface area contributed by atoms with Gasteiger partial charge >= 0.3 is 18.0 Å². The first-order chi connectivity index (χ1) is 9.22. The van der Waals surface area contributed by atoms with Crippen LogP contribution in [0.15, 0.2) is 24.3 Å². The Kier molecular flexibility index (Phi) is 6.61. The van der Waals surface area contributed by atoms with Crippen LogP contribution < -0.4 is 21.9 Å². The average Bonchev–Trinajstić information content (AvgIpc) is 2.31. The van der Waals surface area contributed by atoms with E-state index in [1.807, 2.05) is 0 Å². The third-order valence-corrected chi connectivity index (χ3v) is 1.49. The van der Waals surface area contributed by atoms with Gasteiger partial charge in [0.2, 0.25) is 0 Å². The number of hydrogen-bond donors (Lipinski definition) is 5. The van der Waals surface area contributed by atoms with Crippen LogP contribution in [0.3, 0.4) is 0 Å². The maximum atomic E-state index is 10.3. The number of pyridine rings is 1. The molecule has 1 amide bonds. The summed E-state index contributed by atoms with van der Waals surface area (Å²) in [5.74, 6) is -2.12. The monoisotopic (exact) mass is 284 g/mol. The van der Waals surface area contributed by atoms with Crippen LogP contribution in [-0.2, 0) is 9.59 Å². The van der Waals surface area contributed by atoms with Crippen LogP contribution in [0.4, 0.5) is 16.4 Å². The molecule has 0 atom stereocenters. The van der Waals surface area contributed by atoms with Gasteiger partial charge in [-0.3, -0.25) is 0 Å². The van der Waals surface area contributed by atoms with Crippen LogP contribution in [0, 0.1) is 0 Å². The molecule has 0 bridgehead atoms. The maximum absolute atomic E-state index is 10.3. The molecule has 0 fully saturated rings. The molecule has 10 heteroatoms. The Morgan fingerprint density at radius 3 is 1.95 bits per heavy atom. The lowest BCUT2D eigenvalue weighted by atomic mass is 10.4. The first-order valence-electron chi connectivity index (χ1n) is 4.85. The van der Waals surface area contributed by atoms with Crippen LogP contribution in [0.25, 0.3) is 0 Å². The van der Waals surface area contributed by atoms with Crippen molar-refractivity contribution in [2.24, 2.45) is 5.73 Å². The van der Waals surface area contributed by atoms with Gasteiger partial charge in [0, 0.05) is 12.2 Å². The number of anilines is 2. The van der Waals surface area contributed by atoms with E-state index in [0.717, 1.165) is 0 Å². The molecule has 1 heterocycles. The van der Waals surface area contributed by atoms with Gasteiger partial charge in [0.15, 0.2) is 11.6 Å². The molecule has 0 aliphatic heterocycles. The molecule has 0 saturated carbocycles. The molecule has 20 heavy (non-hydrogen) atoms. The number of aromatic nitrogens is 1. The van der Waals surface area contributed by atoms with E-state index in [2.05, 4.69) is 9.72 Å². The fraction of sp³-hybridized carbons (Fsp3) is 0. The lowest BCUT2D eigenvalue weighted by molar-refractivity contribution is -0.134. The number of carboxylic acid groups (broad SMARTS) is 2. The van der Waals surface area contributed by atoms with E-state index in [4.69, 9.17) is 27.4 Å². The summed E-state index contributed by atoms with van der Waals surface area (Å²) in [5, 5.41) is 15.6. The minimum Gasteiger partial charge on any atom is -0.478 e. The van der Waals surface area contributed by atoms with E-state index in [1.54, 1.807) is 0 Å². The molecule has 0 aromatic carbocycles. The number of carbonyl (C=O) groups excluding carboxylic acids is 1. The highest BCUT2D eigenvalue weighted by Gasteiger charge is 2.04. The van der Waals surface area contributed by atoms with E-state index in [9.17, 15) is 14.4 Å². The van der Waals surface area contributed by atoms with Gasteiger partial charge in [-0.15, -0.1) is 0 Å². The third-order valence-electron chi connectivity index (χ3n) is 1.49. The highest BCUT2D eigenvalue weighted by Crippen LogP contribution is 2.19. The topological polar surface area (TPSA) is 192 Å². The molecule has 1 aromatic rings. The number of nitrogens with two attached hydrogens (primary N) is 3. The summed E-state index contributed by atoms with van der Waals surface area (Å²) in [6.45, 7) is 0. The number of aliphatic carboxylic acids is 2. The molecule has 0 unspecified atom stereocenters. The Hall–Kier alpha value is -3.30. The predicted molar refractivity (Wildman–Crippen MR) is 67.7 cm³/mol. The Labute approximate surface area is 112 Å². The van der Waals surface area contributed by atoms with Crippen LogP contribution in [-0.4, -0.2) is 33.2 Å². The minimum atomic E-state index is -1.26. The van der Waals surface area contributed by atoms with Crippen molar-refractivity contribution < 1.29 is 29.3 Å². The second-order valence-electron chi connectivity index (χ2n) is 3.05. The van der Waals surface area contributed by atoms with Gasteiger partial charge in [-0.25, -0.2) is 19.4 Å². The lowest BCUT2D eigenvalue weighted by Crippen LogP contribution is -2.17. The molecule has 0 aliphatic rings. The Bertz CT molecular complexity index is 527. The Balaban J connectivity index is 0.000000396. The molecule has 108 valence electrons. The molecule has 1 rings (SSSR count). The van der Waals surface area contributed by atoms with Crippen LogP contribution in [0.5, 0.6) is 5.75 Å². The van der Waals surface area contributed by atoms with Gasteiger partial charge < -0.3 is 32.2 Å². The summed E-state index contributed by atoms with van der Waals surface area (Å²) in [5.41, 5.74) is 15.4. The number of ether oxygens (including phenoxy) is 1. The van der Waals surface area contributed by atoms with Crippen molar-refractivity contribution in [3.8, 4) is 5.75 Å². The number of carboxylic acids is 2. The van der Waals surface area contributed by atoms with Crippen LogP contribution in [0.1, 0.15) is 0 Å². The molecule has 0 radical (unpaired) electrons. The molecular formula is C10H12N4O6. The van der Waals surface area contributed by atoms with Crippen molar-refractivity contribution in [2.45, 2.75) is 0 Å². The third kappa shape index (κ3) is 7.89. The number of amides is 1. The molecule has 0 aliphatic carbocycles. The number of primary amides is 1. The second-order valence-corrected chi connectivity index (χ2v) is 3.05. The first-order valence-corrected chi connectivity index (χ1v) is 4.85. The zero-order valence-corrected chi connectivity index (χ0v) is 10.0. The normalized spacial score (nSPS) is 9.40. The standard InChI is InChI=1S/C6H8N4O2.C4H4O4/c7-4-2-1-3(5(8)10-4)12-6(9)11;5-3(6)1-2-4(7)8/h1-2H,(H2,9,11)(H4,7,8,10);1-2H,(H,5,6)(H,7,8). The van der Waals surface area contributed by atoms with Crippen molar-refractivity contribution >= 4 is 29.7 Å². The van der Waals surface area contributed by atoms with E-state index in [1.165, 1.54) is 12.1 Å². The van der Waals surface area contributed by atoms with Gasteiger partial charge in [0.25, 0.3) is 0 Å². The second kappa shape index (κ2) is 7.92. The zero-order chi connectivity index (χ0) is 15.7. The molecule has 1 aromatic heterocycles. The summed E-state index contributed by atoms with van der Waals surface area (Å²) in [4.78, 5) is 33.0. The van der Waals surface area contributed by atoms with Gasteiger partial charge in [-0.2, -0.15) is 0 Å². The fourth-order valence-electron chi connectivity index (χ4n) is 0.815. The van der Waals surface area contributed by atoms with Gasteiger partial charge in [0.1, 0.15) is 5.82 Å². The minimum absolute atomic E-state index is 0.0359. The van der Waals surface area contributed by atoms with Crippen molar-refractivity contribution in [2.75, 3.05) is 11.5 Å². The van der Waals surface area contributed by atoms with Gasteiger partial charge in [-0.05, 0) is 12.1 Å². The largest absolute Gasteiger partial charge is 0.478 e. The number of nitrogens with zero attached hydrogens (tertiary/aromatic N) is 1. The zero-order valence-electron chi connectivity index (χ0n) is 10.0. The van der Waals surface area contributed by atoms with E-state index >= 15 is 0 Å². The lowest BCUT2D eigenvalue weighted by Gasteiger charge is -2.03. The van der Waals surface area contributed by atoms with Crippen molar-refractivity contribution in [3.63, 3.8) is 0 Å². The maximum Gasteiger partial charge on any atom is 0.410 e. The molecule has 0 saturated heterocycles. The Morgan fingerprint density at radius 2 is 1.60 bits per heavy atom.